The molecule has 77 heavy (non-hydrogen) atoms. The fourth-order valence-corrected chi connectivity index (χ4v) is 10.1. The fourth-order valence-electron chi connectivity index (χ4n) is 10.1. The van der Waals surface area contributed by atoms with Crippen LogP contribution >= 0.6 is 0 Å². The number of allylic oxidation sites excluding steroid dienone is 9. The Labute approximate surface area is 479 Å². The van der Waals surface area contributed by atoms with Crippen molar-refractivity contribution in [3.8, 4) is 0 Å². The summed E-state index contributed by atoms with van der Waals surface area (Å²) in [4.78, 5) is 38.1. The van der Waals surface area contributed by atoms with E-state index in [2.05, 4.69) is 69.4 Å². The standard InChI is InChI=1S/C71H128O6/c1-4-7-10-13-16-19-22-24-26-27-28-29-30-31-32-33-34-35-36-37-38-39-40-41-42-43-45-46-49-52-55-58-61-64-70(73)76-67-68(66-75-69(72)63-60-57-54-51-48-21-18-15-12-9-6-3)77-71(74)65-62-59-56-53-50-47-44-25-23-20-17-14-11-8-5-2/h8,11,17,20,25,44,50,53,59,62,68H,4-7,9-10,12-16,18-19,21-24,26-43,45-49,51-52,54-58,60-61,63-67H2,1-3H3/b11-8-,20-17-,44-25-,53-50-,62-59-. The molecule has 0 saturated carbocycles. The second-order valence-electron chi connectivity index (χ2n) is 22.7. The molecular weight excluding hydrogens is 949 g/mol. The summed E-state index contributed by atoms with van der Waals surface area (Å²) < 4.78 is 16.8. The van der Waals surface area contributed by atoms with E-state index in [1.54, 1.807) is 6.08 Å². The predicted octanol–water partition coefficient (Wildman–Crippen LogP) is 23.1. The molecule has 6 heteroatoms. The summed E-state index contributed by atoms with van der Waals surface area (Å²) in [6, 6.07) is 0. The first-order valence-corrected chi connectivity index (χ1v) is 33.8. The highest BCUT2D eigenvalue weighted by atomic mass is 16.6. The van der Waals surface area contributed by atoms with Crippen molar-refractivity contribution in [1.82, 2.24) is 0 Å². The molecule has 0 aromatic carbocycles. The number of carbonyl (C=O) groups is 3. The molecule has 0 saturated heterocycles. The maximum atomic E-state index is 12.8. The lowest BCUT2D eigenvalue weighted by atomic mass is 10.0. The molecule has 0 aromatic heterocycles. The van der Waals surface area contributed by atoms with Gasteiger partial charge in [0, 0.05) is 12.8 Å². The molecule has 0 aliphatic carbocycles. The van der Waals surface area contributed by atoms with E-state index in [1.165, 1.54) is 244 Å². The normalized spacial score (nSPS) is 12.4. The molecule has 0 heterocycles. The van der Waals surface area contributed by atoms with Gasteiger partial charge in [-0.15, -0.1) is 0 Å². The minimum atomic E-state index is -0.825. The number of unbranched alkanes of at least 4 members (excludes halogenated alkanes) is 42. The van der Waals surface area contributed by atoms with Crippen molar-refractivity contribution in [3.63, 3.8) is 0 Å². The zero-order chi connectivity index (χ0) is 55.7. The summed E-state index contributed by atoms with van der Waals surface area (Å²) in [7, 11) is 0. The topological polar surface area (TPSA) is 78.9 Å². The lowest BCUT2D eigenvalue weighted by Gasteiger charge is -2.18. The van der Waals surface area contributed by atoms with Crippen LogP contribution in [0.15, 0.2) is 60.8 Å². The summed E-state index contributed by atoms with van der Waals surface area (Å²) in [6.07, 6.45) is 84.5. The minimum Gasteiger partial charge on any atom is -0.462 e. The number of hydrogen-bond donors (Lipinski definition) is 0. The molecule has 0 rings (SSSR count). The van der Waals surface area contributed by atoms with Crippen LogP contribution in [0.2, 0.25) is 0 Å². The second-order valence-corrected chi connectivity index (χ2v) is 22.7. The van der Waals surface area contributed by atoms with Gasteiger partial charge in [0.2, 0.25) is 0 Å². The van der Waals surface area contributed by atoms with Crippen LogP contribution in [0.4, 0.5) is 0 Å². The van der Waals surface area contributed by atoms with E-state index < -0.39 is 12.1 Å². The number of carbonyl (C=O) groups excluding carboxylic acids is 3. The highest BCUT2D eigenvalue weighted by molar-refractivity contribution is 5.72. The number of hydrogen-bond acceptors (Lipinski definition) is 6. The molecule has 1 unspecified atom stereocenters. The third kappa shape index (κ3) is 63.8. The zero-order valence-electron chi connectivity index (χ0n) is 51.5. The molecule has 0 bridgehead atoms. The Morgan fingerprint density at radius 1 is 0.273 bits per heavy atom. The summed E-state index contributed by atoms with van der Waals surface area (Å²) in [5.74, 6) is -1.02. The Balaban J connectivity index is 4.09. The van der Waals surface area contributed by atoms with Crippen molar-refractivity contribution in [2.45, 2.75) is 361 Å². The third-order valence-electron chi connectivity index (χ3n) is 15.1. The summed E-state index contributed by atoms with van der Waals surface area (Å²) in [6.45, 7) is 6.48. The van der Waals surface area contributed by atoms with E-state index in [-0.39, 0.29) is 31.6 Å². The van der Waals surface area contributed by atoms with Gasteiger partial charge < -0.3 is 14.2 Å². The minimum absolute atomic E-state index is 0.102. The molecule has 448 valence electrons. The van der Waals surface area contributed by atoms with Gasteiger partial charge in [-0.05, 0) is 44.9 Å². The Morgan fingerprint density at radius 2 is 0.494 bits per heavy atom. The summed E-state index contributed by atoms with van der Waals surface area (Å²) >= 11 is 0. The number of ether oxygens (including phenoxy) is 3. The predicted molar refractivity (Wildman–Crippen MR) is 335 cm³/mol. The van der Waals surface area contributed by atoms with Crippen LogP contribution in [0, 0.1) is 0 Å². The smallest absolute Gasteiger partial charge is 0.310 e. The monoisotopic (exact) mass is 1080 g/mol. The van der Waals surface area contributed by atoms with Gasteiger partial charge in [-0.1, -0.05) is 351 Å². The molecular formula is C71H128O6. The first-order valence-electron chi connectivity index (χ1n) is 33.8. The summed E-state index contributed by atoms with van der Waals surface area (Å²) in [5, 5.41) is 0. The van der Waals surface area contributed by atoms with Crippen LogP contribution < -0.4 is 0 Å². The van der Waals surface area contributed by atoms with Crippen LogP contribution in [0.25, 0.3) is 0 Å². The highest BCUT2D eigenvalue weighted by Crippen LogP contribution is 2.18. The van der Waals surface area contributed by atoms with Gasteiger partial charge in [-0.3, -0.25) is 14.4 Å². The SMILES string of the molecule is CC/C=C\C/C=C\C/C=C\C/C=C\C/C=C\CC(=O)OC(COC(=O)CCCCCCCCCCCCC)COC(=O)CCCCCCCCCCCCCCCCCCCCCCCCCCCCCCCCCCC. The van der Waals surface area contributed by atoms with Crippen molar-refractivity contribution in [3.05, 3.63) is 60.8 Å². The molecule has 0 fully saturated rings. The highest BCUT2D eigenvalue weighted by Gasteiger charge is 2.19. The molecule has 0 amide bonds. The van der Waals surface area contributed by atoms with Crippen LogP contribution in [0.1, 0.15) is 355 Å². The number of rotatable bonds is 62. The van der Waals surface area contributed by atoms with Crippen LogP contribution in [-0.2, 0) is 28.6 Å². The Morgan fingerprint density at radius 3 is 0.740 bits per heavy atom. The molecule has 0 aliphatic rings. The van der Waals surface area contributed by atoms with Crippen LogP contribution in [-0.4, -0.2) is 37.2 Å². The van der Waals surface area contributed by atoms with Crippen molar-refractivity contribution < 1.29 is 28.6 Å². The van der Waals surface area contributed by atoms with Gasteiger partial charge in [-0.25, -0.2) is 0 Å². The van der Waals surface area contributed by atoms with Crippen LogP contribution in [0.3, 0.4) is 0 Å². The maximum absolute atomic E-state index is 12.8. The fraction of sp³-hybridized carbons (Fsp3) is 0.817. The Bertz CT molecular complexity index is 1380. The number of esters is 3. The molecule has 6 nitrogen and oxygen atoms in total. The van der Waals surface area contributed by atoms with E-state index in [1.807, 2.05) is 6.08 Å². The zero-order valence-corrected chi connectivity index (χ0v) is 51.5. The molecule has 0 radical (unpaired) electrons. The van der Waals surface area contributed by atoms with Gasteiger partial charge in [0.15, 0.2) is 6.10 Å². The lowest BCUT2D eigenvalue weighted by Crippen LogP contribution is -2.30. The quantitative estimate of drug-likeness (QED) is 0.0261. The molecule has 0 aromatic rings. The average molecular weight is 1080 g/mol. The average Bonchev–Trinajstić information content (AvgIpc) is 3.43. The maximum Gasteiger partial charge on any atom is 0.310 e. The summed E-state index contributed by atoms with van der Waals surface area (Å²) in [5.41, 5.74) is 0. The third-order valence-corrected chi connectivity index (χ3v) is 15.1. The van der Waals surface area contributed by atoms with Crippen molar-refractivity contribution in [2.75, 3.05) is 13.2 Å². The second kappa shape index (κ2) is 65.6. The van der Waals surface area contributed by atoms with Crippen LogP contribution in [0.5, 0.6) is 0 Å². The van der Waals surface area contributed by atoms with E-state index in [4.69, 9.17) is 14.2 Å². The lowest BCUT2D eigenvalue weighted by molar-refractivity contribution is -0.166. The molecule has 0 spiro atoms. The Kier molecular flexibility index (Phi) is 63.2. The van der Waals surface area contributed by atoms with Crippen molar-refractivity contribution in [1.29, 1.82) is 0 Å². The molecule has 0 N–H and O–H groups in total. The first kappa shape index (κ1) is 74.1. The van der Waals surface area contributed by atoms with Gasteiger partial charge in [0.25, 0.3) is 0 Å². The first-order chi connectivity index (χ1) is 38.0. The van der Waals surface area contributed by atoms with E-state index in [0.717, 1.165) is 70.6 Å². The largest absolute Gasteiger partial charge is 0.462 e. The van der Waals surface area contributed by atoms with Gasteiger partial charge in [0.05, 0.1) is 6.42 Å². The molecule has 1 atom stereocenters. The Hall–Kier alpha value is -2.89. The van der Waals surface area contributed by atoms with Crippen molar-refractivity contribution >= 4 is 17.9 Å². The van der Waals surface area contributed by atoms with Gasteiger partial charge >= 0.3 is 17.9 Å². The van der Waals surface area contributed by atoms with Crippen molar-refractivity contribution in [2.24, 2.45) is 0 Å². The van der Waals surface area contributed by atoms with E-state index in [0.29, 0.717) is 12.8 Å². The van der Waals surface area contributed by atoms with E-state index >= 15 is 0 Å². The van der Waals surface area contributed by atoms with E-state index in [9.17, 15) is 14.4 Å². The van der Waals surface area contributed by atoms with Gasteiger partial charge in [-0.2, -0.15) is 0 Å². The molecule has 0 aliphatic heterocycles. The van der Waals surface area contributed by atoms with Gasteiger partial charge in [0.1, 0.15) is 13.2 Å².